The van der Waals surface area contributed by atoms with Gasteiger partial charge >= 0.3 is 11.8 Å². The first-order valence-corrected chi connectivity index (χ1v) is 7.99. The second-order valence-corrected chi connectivity index (χ2v) is 6.05. The van der Waals surface area contributed by atoms with Crippen molar-refractivity contribution in [2.45, 2.75) is 44.6 Å². The molecule has 0 spiro atoms. The number of amides is 2. The zero-order valence-electron chi connectivity index (χ0n) is 13.4. The number of carbonyl (C=O) groups is 2. The number of hydrogen-bond donors (Lipinski definition) is 3. The highest BCUT2D eigenvalue weighted by Crippen LogP contribution is 2.20. The van der Waals surface area contributed by atoms with Crippen LogP contribution in [-0.2, 0) is 15.2 Å². The summed E-state index contributed by atoms with van der Waals surface area (Å²) in [5, 5.41) is 15.2. The lowest BCUT2D eigenvalue weighted by Gasteiger charge is -2.20. The van der Waals surface area contributed by atoms with E-state index in [4.69, 9.17) is 4.42 Å². The molecule has 0 aromatic carbocycles. The molecule has 6 heteroatoms. The SMILES string of the molecule is CC(O)(CNC(=O)C(=O)NCCC1=CCCCC1)c1ccco1. The van der Waals surface area contributed by atoms with Crippen LogP contribution in [0.25, 0.3) is 0 Å². The van der Waals surface area contributed by atoms with Crippen molar-refractivity contribution in [1.29, 1.82) is 0 Å². The Balaban J connectivity index is 1.70. The summed E-state index contributed by atoms with van der Waals surface area (Å²) in [5.74, 6) is -1.10. The number of allylic oxidation sites excluding steroid dienone is 1. The van der Waals surface area contributed by atoms with Crippen LogP contribution in [0.1, 0.15) is 44.8 Å². The molecule has 0 fully saturated rings. The molecule has 1 heterocycles. The molecule has 1 atom stereocenters. The predicted octanol–water partition coefficient (Wildman–Crippen LogP) is 1.61. The van der Waals surface area contributed by atoms with Crippen molar-refractivity contribution < 1.29 is 19.1 Å². The van der Waals surface area contributed by atoms with Crippen molar-refractivity contribution >= 4 is 11.8 Å². The van der Waals surface area contributed by atoms with Crippen LogP contribution < -0.4 is 10.6 Å². The second-order valence-electron chi connectivity index (χ2n) is 6.05. The van der Waals surface area contributed by atoms with Crippen LogP contribution in [0.5, 0.6) is 0 Å². The summed E-state index contributed by atoms with van der Waals surface area (Å²) in [7, 11) is 0. The lowest BCUT2D eigenvalue weighted by Crippen LogP contribution is -2.45. The third-order valence-corrected chi connectivity index (χ3v) is 3.97. The smallest absolute Gasteiger partial charge is 0.309 e. The molecule has 1 aliphatic rings. The molecule has 0 aliphatic heterocycles. The Morgan fingerprint density at radius 3 is 2.74 bits per heavy atom. The van der Waals surface area contributed by atoms with Crippen molar-refractivity contribution in [1.82, 2.24) is 10.6 Å². The highest BCUT2D eigenvalue weighted by atomic mass is 16.4. The zero-order chi connectivity index (χ0) is 16.7. The zero-order valence-corrected chi connectivity index (χ0v) is 13.4. The fourth-order valence-electron chi connectivity index (χ4n) is 2.55. The highest BCUT2D eigenvalue weighted by Gasteiger charge is 2.27. The van der Waals surface area contributed by atoms with Gasteiger partial charge in [0.2, 0.25) is 0 Å². The van der Waals surface area contributed by atoms with E-state index in [2.05, 4.69) is 16.7 Å². The van der Waals surface area contributed by atoms with Crippen LogP contribution in [-0.4, -0.2) is 30.0 Å². The van der Waals surface area contributed by atoms with Crippen molar-refractivity contribution in [3.8, 4) is 0 Å². The molecule has 1 unspecified atom stereocenters. The summed E-state index contributed by atoms with van der Waals surface area (Å²) in [6.07, 6.45) is 9.05. The molecule has 1 aromatic heterocycles. The summed E-state index contributed by atoms with van der Waals surface area (Å²) in [6.45, 7) is 1.87. The van der Waals surface area contributed by atoms with Gasteiger partial charge in [-0.3, -0.25) is 9.59 Å². The maximum absolute atomic E-state index is 11.8. The van der Waals surface area contributed by atoms with E-state index in [-0.39, 0.29) is 6.54 Å². The summed E-state index contributed by atoms with van der Waals surface area (Å²) in [5.41, 5.74) is -0.00971. The van der Waals surface area contributed by atoms with Gasteiger partial charge in [-0.05, 0) is 51.2 Å². The number of carbonyl (C=O) groups excluding carboxylic acids is 2. The van der Waals surface area contributed by atoms with E-state index >= 15 is 0 Å². The van der Waals surface area contributed by atoms with E-state index in [1.54, 1.807) is 12.1 Å². The molecular formula is C17H24N2O4. The number of hydrogen-bond acceptors (Lipinski definition) is 4. The minimum Gasteiger partial charge on any atom is -0.466 e. The van der Waals surface area contributed by atoms with Gasteiger partial charge in [0.15, 0.2) is 0 Å². The average Bonchev–Trinajstić information content (AvgIpc) is 3.09. The van der Waals surface area contributed by atoms with Gasteiger partial charge in [0.25, 0.3) is 0 Å². The maximum atomic E-state index is 11.8. The standard InChI is InChI=1S/C17H24N2O4/c1-17(22,14-8-5-11-23-14)12-19-16(21)15(20)18-10-9-13-6-3-2-4-7-13/h5-6,8,11,22H,2-4,7,9-10,12H2,1H3,(H,18,20)(H,19,21). The van der Waals surface area contributed by atoms with Gasteiger partial charge in [-0.1, -0.05) is 11.6 Å². The quantitative estimate of drug-likeness (QED) is 0.548. The molecule has 2 amide bonds. The third-order valence-electron chi connectivity index (χ3n) is 3.97. The van der Waals surface area contributed by atoms with E-state index in [9.17, 15) is 14.7 Å². The van der Waals surface area contributed by atoms with Gasteiger partial charge in [-0.2, -0.15) is 0 Å². The molecule has 0 bridgehead atoms. The van der Waals surface area contributed by atoms with Crippen molar-refractivity contribution in [3.63, 3.8) is 0 Å². The van der Waals surface area contributed by atoms with E-state index in [0.29, 0.717) is 12.3 Å². The van der Waals surface area contributed by atoms with Crippen molar-refractivity contribution in [3.05, 3.63) is 35.8 Å². The second kappa shape index (κ2) is 7.97. The minimum atomic E-state index is -1.35. The Bertz CT molecular complexity index is 561. The molecule has 126 valence electrons. The van der Waals surface area contributed by atoms with E-state index in [0.717, 1.165) is 19.3 Å². The maximum Gasteiger partial charge on any atom is 0.309 e. The van der Waals surface area contributed by atoms with Gasteiger partial charge in [0.1, 0.15) is 11.4 Å². The lowest BCUT2D eigenvalue weighted by molar-refractivity contribution is -0.139. The molecule has 1 aromatic rings. The van der Waals surface area contributed by atoms with E-state index in [1.165, 1.54) is 31.6 Å². The fourth-order valence-corrected chi connectivity index (χ4v) is 2.55. The largest absolute Gasteiger partial charge is 0.466 e. The number of rotatable bonds is 6. The number of aliphatic hydroxyl groups is 1. The molecule has 3 N–H and O–H groups in total. The third kappa shape index (κ3) is 5.25. The molecule has 23 heavy (non-hydrogen) atoms. The normalized spacial score (nSPS) is 17.0. The molecule has 6 nitrogen and oxygen atoms in total. The fraction of sp³-hybridized carbons (Fsp3) is 0.529. The molecular weight excluding hydrogens is 296 g/mol. The monoisotopic (exact) mass is 320 g/mol. The summed E-state index contributed by atoms with van der Waals surface area (Å²) in [6, 6.07) is 3.27. The van der Waals surface area contributed by atoms with Crippen LogP contribution >= 0.6 is 0 Å². The molecule has 1 aliphatic carbocycles. The van der Waals surface area contributed by atoms with Gasteiger partial charge < -0.3 is 20.2 Å². The number of nitrogens with one attached hydrogen (secondary N) is 2. The van der Waals surface area contributed by atoms with Crippen LogP contribution in [0, 0.1) is 0 Å². The molecule has 0 saturated heterocycles. The van der Waals surface area contributed by atoms with Crippen LogP contribution in [0.2, 0.25) is 0 Å². The first-order valence-electron chi connectivity index (χ1n) is 7.99. The number of furan rings is 1. The Morgan fingerprint density at radius 2 is 2.09 bits per heavy atom. The van der Waals surface area contributed by atoms with Crippen LogP contribution in [0.3, 0.4) is 0 Å². The average molecular weight is 320 g/mol. The Morgan fingerprint density at radius 1 is 1.30 bits per heavy atom. The first kappa shape index (κ1) is 17.3. The topological polar surface area (TPSA) is 91.6 Å². The summed E-state index contributed by atoms with van der Waals surface area (Å²) < 4.78 is 5.12. The van der Waals surface area contributed by atoms with Gasteiger partial charge in [-0.15, -0.1) is 0 Å². The minimum absolute atomic E-state index is 0.0993. The predicted molar refractivity (Wildman–Crippen MR) is 85.5 cm³/mol. The Labute approximate surface area is 135 Å². The van der Waals surface area contributed by atoms with Crippen LogP contribution in [0.4, 0.5) is 0 Å². The Hall–Kier alpha value is -2.08. The summed E-state index contributed by atoms with van der Waals surface area (Å²) >= 11 is 0. The molecule has 0 saturated carbocycles. The Kier molecular flexibility index (Phi) is 5.98. The summed E-state index contributed by atoms with van der Waals surface area (Å²) in [4.78, 5) is 23.5. The highest BCUT2D eigenvalue weighted by molar-refractivity contribution is 6.35. The molecule has 0 radical (unpaired) electrons. The van der Waals surface area contributed by atoms with Gasteiger partial charge in [0.05, 0.1) is 12.8 Å². The van der Waals surface area contributed by atoms with E-state index in [1.807, 2.05) is 0 Å². The van der Waals surface area contributed by atoms with Crippen LogP contribution in [0.15, 0.2) is 34.5 Å². The molecule has 2 rings (SSSR count). The van der Waals surface area contributed by atoms with Crippen molar-refractivity contribution in [2.75, 3.05) is 13.1 Å². The van der Waals surface area contributed by atoms with E-state index < -0.39 is 17.4 Å². The van der Waals surface area contributed by atoms with Gasteiger partial charge in [0, 0.05) is 6.54 Å². The lowest BCUT2D eigenvalue weighted by atomic mass is 9.97. The first-order chi connectivity index (χ1) is 11.0. The van der Waals surface area contributed by atoms with Gasteiger partial charge in [-0.25, -0.2) is 0 Å². The van der Waals surface area contributed by atoms with Crippen molar-refractivity contribution in [2.24, 2.45) is 0 Å².